The number of nitrogens with zero attached hydrogens (tertiary/aromatic N) is 2. The maximum atomic E-state index is 2.64. The van der Waals surface area contributed by atoms with Gasteiger partial charge >= 0.3 is 0 Å². The van der Waals surface area contributed by atoms with Crippen LogP contribution in [0.2, 0.25) is 0 Å². The Bertz CT molecular complexity index is 640. The average molecular weight is 511 g/mol. The van der Waals surface area contributed by atoms with Crippen LogP contribution >= 0.6 is 0 Å². The molecule has 0 N–H and O–H groups in total. The highest BCUT2D eigenvalue weighted by Gasteiger charge is 2.25. The van der Waals surface area contributed by atoms with Crippen molar-refractivity contribution in [2.45, 2.75) is 161 Å². The fourth-order valence-electron chi connectivity index (χ4n) is 5.81. The molecule has 1 unspecified atom stereocenters. The van der Waals surface area contributed by atoms with Crippen LogP contribution in [-0.4, -0.2) is 29.1 Å². The number of benzene rings is 1. The topological polar surface area (TPSA) is 6.48 Å². The summed E-state index contributed by atoms with van der Waals surface area (Å²) in [6, 6.07) is 11.1. The van der Waals surface area contributed by atoms with Gasteiger partial charge in [0, 0.05) is 31.9 Å². The SMILES string of the molecule is CCCCCCCCCCCCCCCN1C=CN(CCCCCCCCCC)C1Cc1ccccc1. The van der Waals surface area contributed by atoms with Crippen LogP contribution < -0.4 is 0 Å². The zero-order valence-corrected chi connectivity index (χ0v) is 25.0. The minimum Gasteiger partial charge on any atom is -0.356 e. The molecule has 0 aromatic heterocycles. The van der Waals surface area contributed by atoms with Gasteiger partial charge in [0.2, 0.25) is 0 Å². The molecule has 0 spiro atoms. The highest BCUT2D eigenvalue weighted by Crippen LogP contribution is 2.22. The first kappa shape index (κ1) is 31.8. The highest BCUT2D eigenvalue weighted by molar-refractivity contribution is 5.17. The summed E-state index contributed by atoms with van der Waals surface area (Å²) >= 11 is 0. The molecule has 212 valence electrons. The Labute approximate surface area is 232 Å². The minimum atomic E-state index is 0.504. The van der Waals surface area contributed by atoms with Gasteiger partial charge in [0.25, 0.3) is 0 Å². The second-order valence-corrected chi connectivity index (χ2v) is 11.7. The summed E-state index contributed by atoms with van der Waals surface area (Å²) in [5, 5.41) is 0. The summed E-state index contributed by atoms with van der Waals surface area (Å²) in [6.45, 7) is 7.02. The molecule has 1 aliphatic heterocycles. The smallest absolute Gasteiger partial charge is 0.105 e. The van der Waals surface area contributed by atoms with Crippen molar-refractivity contribution < 1.29 is 0 Å². The van der Waals surface area contributed by atoms with Crippen molar-refractivity contribution in [1.29, 1.82) is 0 Å². The molecular formula is C35H62N2. The van der Waals surface area contributed by atoms with Gasteiger partial charge in [0.05, 0.1) is 0 Å². The second-order valence-electron chi connectivity index (χ2n) is 11.7. The first-order valence-corrected chi connectivity index (χ1v) is 16.6. The minimum absolute atomic E-state index is 0.504. The average Bonchev–Trinajstić information content (AvgIpc) is 3.29. The van der Waals surface area contributed by atoms with Crippen LogP contribution in [0.5, 0.6) is 0 Å². The number of hydrogen-bond donors (Lipinski definition) is 0. The van der Waals surface area contributed by atoms with Crippen LogP contribution in [0.15, 0.2) is 42.7 Å². The Balaban J connectivity index is 1.59. The van der Waals surface area contributed by atoms with E-state index in [0.717, 1.165) is 6.42 Å². The van der Waals surface area contributed by atoms with Crippen LogP contribution in [0.3, 0.4) is 0 Å². The van der Waals surface area contributed by atoms with E-state index in [1.807, 2.05) is 0 Å². The summed E-state index contributed by atoms with van der Waals surface area (Å²) in [7, 11) is 0. The molecule has 0 fully saturated rings. The van der Waals surface area contributed by atoms with Crippen molar-refractivity contribution in [3.8, 4) is 0 Å². The van der Waals surface area contributed by atoms with Crippen molar-refractivity contribution >= 4 is 0 Å². The van der Waals surface area contributed by atoms with Gasteiger partial charge in [-0.15, -0.1) is 0 Å². The Morgan fingerprint density at radius 3 is 1.19 bits per heavy atom. The quantitative estimate of drug-likeness (QED) is 0.121. The van der Waals surface area contributed by atoms with Crippen LogP contribution in [0.25, 0.3) is 0 Å². The van der Waals surface area contributed by atoms with Gasteiger partial charge in [0.15, 0.2) is 0 Å². The summed E-state index contributed by atoms with van der Waals surface area (Å²) in [4.78, 5) is 5.27. The molecule has 1 heterocycles. The van der Waals surface area contributed by atoms with Crippen molar-refractivity contribution in [3.63, 3.8) is 0 Å². The zero-order valence-electron chi connectivity index (χ0n) is 25.0. The fraction of sp³-hybridized carbons (Fsp3) is 0.771. The molecule has 2 nitrogen and oxygen atoms in total. The third kappa shape index (κ3) is 15.5. The van der Waals surface area contributed by atoms with E-state index in [4.69, 9.17) is 0 Å². The Morgan fingerprint density at radius 1 is 0.459 bits per heavy atom. The first-order chi connectivity index (χ1) is 18.3. The Hall–Kier alpha value is -1.44. The van der Waals surface area contributed by atoms with Crippen LogP contribution in [0.1, 0.15) is 154 Å². The lowest BCUT2D eigenvalue weighted by molar-refractivity contribution is 0.148. The van der Waals surface area contributed by atoms with Crippen LogP contribution in [0.4, 0.5) is 0 Å². The zero-order chi connectivity index (χ0) is 26.2. The molecule has 1 aromatic rings. The number of unbranched alkanes of at least 4 members (excludes halogenated alkanes) is 19. The van der Waals surface area contributed by atoms with E-state index in [9.17, 15) is 0 Å². The summed E-state index contributed by atoms with van der Waals surface area (Å²) in [5.74, 6) is 0. The van der Waals surface area contributed by atoms with Gasteiger partial charge in [-0.1, -0.05) is 166 Å². The molecule has 0 aliphatic carbocycles. The van der Waals surface area contributed by atoms with Crippen LogP contribution in [-0.2, 0) is 6.42 Å². The van der Waals surface area contributed by atoms with Crippen molar-refractivity contribution in [2.24, 2.45) is 0 Å². The van der Waals surface area contributed by atoms with E-state index in [-0.39, 0.29) is 0 Å². The molecule has 1 aromatic carbocycles. The van der Waals surface area contributed by atoms with E-state index >= 15 is 0 Å². The maximum absolute atomic E-state index is 2.64. The summed E-state index contributed by atoms with van der Waals surface area (Å²) in [5.41, 5.74) is 1.47. The standard InChI is InChI=1S/C35H62N2/c1-3-5-7-9-11-13-14-15-16-17-19-21-26-30-37-32-31-36(29-25-20-18-12-10-8-6-4-2)35(37)33-34-27-23-22-24-28-34/h22-24,27-28,31-32,35H,3-21,25-26,29-30,33H2,1-2H3. The molecular weight excluding hydrogens is 448 g/mol. The monoisotopic (exact) mass is 510 g/mol. The third-order valence-corrected chi connectivity index (χ3v) is 8.27. The molecule has 37 heavy (non-hydrogen) atoms. The van der Waals surface area contributed by atoms with Gasteiger partial charge in [0.1, 0.15) is 6.17 Å². The Kier molecular flexibility index (Phi) is 19.4. The van der Waals surface area contributed by atoms with Gasteiger partial charge < -0.3 is 9.80 Å². The second kappa shape index (κ2) is 22.5. The van der Waals surface area contributed by atoms with Crippen molar-refractivity contribution in [1.82, 2.24) is 9.80 Å². The van der Waals surface area contributed by atoms with Crippen molar-refractivity contribution in [2.75, 3.05) is 13.1 Å². The molecule has 1 atom stereocenters. The predicted octanol–water partition coefficient (Wildman–Crippen LogP) is 10.9. The molecule has 2 heteroatoms. The normalized spacial score (nSPS) is 15.2. The summed E-state index contributed by atoms with van der Waals surface area (Å²) < 4.78 is 0. The van der Waals surface area contributed by atoms with Gasteiger partial charge in [-0.25, -0.2) is 0 Å². The fourth-order valence-corrected chi connectivity index (χ4v) is 5.81. The molecule has 0 bridgehead atoms. The molecule has 2 rings (SSSR count). The Morgan fingerprint density at radius 2 is 0.811 bits per heavy atom. The highest BCUT2D eigenvalue weighted by atomic mass is 15.4. The summed E-state index contributed by atoms with van der Waals surface area (Å²) in [6.07, 6.45) is 36.1. The largest absolute Gasteiger partial charge is 0.356 e. The van der Waals surface area contributed by atoms with Gasteiger partial charge in [-0.3, -0.25) is 0 Å². The van der Waals surface area contributed by atoms with E-state index in [2.05, 4.69) is 66.4 Å². The molecule has 0 amide bonds. The predicted molar refractivity (Wildman–Crippen MR) is 165 cm³/mol. The van der Waals surface area contributed by atoms with E-state index in [1.54, 1.807) is 0 Å². The third-order valence-electron chi connectivity index (χ3n) is 8.27. The lowest BCUT2D eigenvalue weighted by Crippen LogP contribution is -2.41. The first-order valence-electron chi connectivity index (χ1n) is 16.6. The molecule has 1 aliphatic rings. The molecule has 0 radical (unpaired) electrons. The van der Waals surface area contributed by atoms with Gasteiger partial charge in [-0.05, 0) is 18.4 Å². The van der Waals surface area contributed by atoms with Gasteiger partial charge in [-0.2, -0.15) is 0 Å². The lowest BCUT2D eigenvalue weighted by Gasteiger charge is -2.33. The number of rotatable bonds is 25. The van der Waals surface area contributed by atoms with Crippen LogP contribution in [0, 0.1) is 0 Å². The lowest BCUT2D eigenvalue weighted by atomic mass is 10.0. The molecule has 0 saturated carbocycles. The molecule has 0 saturated heterocycles. The number of hydrogen-bond acceptors (Lipinski definition) is 2. The van der Waals surface area contributed by atoms with E-state index in [1.165, 1.54) is 153 Å². The van der Waals surface area contributed by atoms with E-state index in [0.29, 0.717) is 6.17 Å². The maximum Gasteiger partial charge on any atom is 0.105 e. The van der Waals surface area contributed by atoms with E-state index < -0.39 is 0 Å². The van der Waals surface area contributed by atoms with Crippen molar-refractivity contribution in [3.05, 3.63) is 48.3 Å².